The normalized spacial score (nSPS) is 14.2. The molecule has 1 fully saturated rings. The smallest absolute Gasteiger partial charge is 0.214 e. The van der Waals surface area contributed by atoms with Crippen molar-refractivity contribution in [2.45, 2.75) is 37.1 Å². The van der Waals surface area contributed by atoms with Crippen LogP contribution in [0.1, 0.15) is 29.5 Å². The second kappa shape index (κ2) is 9.76. The van der Waals surface area contributed by atoms with E-state index in [9.17, 15) is 8.78 Å². The molecular formula is C22H24F2N4S2. The quantitative estimate of drug-likeness (QED) is 0.325. The van der Waals surface area contributed by atoms with E-state index in [4.69, 9.17) is 0 Å². The highest BCUT2D eigenvalue weighted by Gasteiger charge is 2.16. The summed E-state index contributed by atoms with van der Waals surface area (Å²) in [5.74, 6) is -0.208. The first-order valence-corrected chi connectivity index (χ1v) is 11.6. The molecule has 1 aromatic carbocycles. The van der Waals surface area contributed by atoms with E-state index < -0.39 is 5.95 Å². The van der Waals surface area contributed by atoms with E-state index >= 15 is 0 Å². The van der Waals surface area contributed by atoms with Crippen LogP contribution in [-0.2, 0) is 13.1 Å². The number of pyridine rings is 1. The lowest BCUT2D eigenvalue weighted by Crippen LogP contribution is -2.20. The number of aryl methyl sites for hydroxylation is 1. The van der Waals surface area contributed by atoms with Crippen LogP contribution in [0.4, 0.5) is 19.6 Å². The molecule has 2 N–H and O–H groups in total. The van der Waals surface area contributed by atoms with Crippen LogP contribution < -0.4 is 10.0 Å². The summed E-state index contributed by atoms with van der Waals surface area (Å²) < 4.78 is 31.9. The van der Waals surface area contributed by atoms with Gasteiger partial charge in [-0.2, -0.15) is 4.39 Å². The van der Waals surface area contributed by atoms with E-state index in [1.165, 1.54) is 36.9 Å². The molecule has 0 saturated carbocycles. The van der Waals surface area contributed by atoms with E-state index in [1.54, 1.807) is 29.5 Å². The summed E-state index contributed by atoms with van der Waals surface area (Å²) in [4.78, 5) is 6.18. The van der Waals surface area contributed by atoms with Crippen molar-refractivity contribution in [2.24, 2.45) is 0 Å². The molecule has 3 aromatic rings. The average Bonchev–Trinajstić information content (AvgIpc) is 3.36. The predicted octanol–water partition coefficient (Wildman–Crippen LogP) is 6.06. The van der Waals surface area contributed by atoms with Gasteiger partial charge in [0.1, 0.15) is 11.6 Å². The molecule has 0 aliphatic carbocycles. The Morgan fingerprint density at radius 3 is 2.73 bits per heavy atom. The molecule has 8 heteroatoms. The van der Waals surface area contributed by atoms with E-state index in [0.717, 1.165) is 45.5 Å². The fourth-order valence-corrected chi connectivity index (χ4v) is 5.44. The van der Waals surface area contributed by atoms with Crippen LogP contribution >= 0.6 is 23.3 Å². The number of aromatic nitrogens is 1. The summed E-state index contributed by atoms with van der Waals surface area (Å²) in [6, 6.07) is 12.0. The van der Waals surface area contributed by atoms with Gasteiger partial charge in [-0.05, 0) is 80.2 Å². The zero-order valence-electron chi connectivity index (χ0n) is 16.8. The Balaban J connectivity index is 1.40. The number of anilines is 2. The number of nitrogens with zero attached hydrogens (tertiary/aromatic N) is 2. The number of nitrogens with one attached hydrogen (secondary N) is 2. The highest BCUT2D eigenvalue weighted by molar-refractivity contribution is 8.02. The lowest BCUT2D eigenvalue weighted by Gasteiger charge is -2.18. The monoisotopic (exact) mass is 446 g/mol. The minimum Gasteiger partial charge on any atom is -0.372 e. The average molecular weight is 447 g/mol. The number of benzene rings is 1. The molecule has 0 spiro atoms. The van der Waals surface area contributed by atoms with Gasteiger partial charge >= 0.3 is 0 Å². The Morgan fingerprint density at radius 2 is 1.93 bits per heavy atom. The number of thiophene rings is 1. The van der Waals surface area contributed by atoms with E-state index in [1.807, 2.05) is 13.0 Å². The predicted molar refractivity (Wildman–Crippen MR) is 121 cm³/mol. The Bertz CT molecular complexity index is 1000. The van der Waals surface area contributed by atoms with Crippen LogP contribution in [0.25, 0.3) is 0 Å². The zero-order chi connectivity index (χ0) is 20.9. The van der Waals surface area contributed by atoms with E-state index in [-0.39, 0.29) is 5.82 Å². The summed E-state index contributed by atoms with van der Waals surface area (Å²) in [6.45, 7) is 5.43. The van der Waals surface area contributed by atoms with Gasteiger partial charge < -0.3 is 10.0 Å². The second-order valence-electron chi connectivity index (χ2n) is 7.34. The molecule has 1 aliphatic heterocycles. The van der Waals surface area contributed by atoms with Crippen LogP contribution in [0.3, 0.4) is 0 Å². The molecular weight excluding hydrogens is 422 g/mol. The minimum atomic E-state index is -0.514. The van der Waals surface area contributed by atoms with E-state index in [2.05, 4.69) is 26.0 Å². The number of likely N-dealkylation sites (tertiary alicyclic amines) is 1. The topological polar surface area (TPSA) is 40.2 Å². The lowest BCUT2D eigenvalue weighted by molar-refractivity contribution is 0.329. The molecule has 158 valence electrons. The molecule has 1 aliphatic rings. The minimum absolute atomic E-state index is 0.165. The fourth-order valence-electron chi connectivity index (χ4n) is 3.55. The molecule has 3 heterocycles. The number of halogens is 2. The van der Waals surface area contributed by atoms with E-state index in [0.29, 0.717) is 12.4 Å². The van der Waals surface area contributed by atoms with Crippen molar-refractivity contribution in [3.8, 4) is 0 Å². The molecule has 0 unspecified atom stereocenters. The largest absolute Gasteiger partial charge is 0.372 e. The SMILES string of the molecule is Cc1cc(SNc2cccc(F)n2)sc1NCc1c(F)cccc1CN1CCCC1. The molecule has 1 saturated heterocycles. The summed E-state index contributed by atoms with van der Waals surface area (Å²) >= 11 is 2.97. The highest BCUT2D eigenvalue weighted by Crippen LogP contribution is 2.35. The molecule has 4 rings (SSSR count). The van der Waals surface area contributed by atoms with Gasteiger partial charge in [0.15, 0.2) is 0 Å². The van der Waals surface area contributed by atoms with Gasteiger partial charge in [-0.25, -0.2) is 9.37 Å². The molecule has 0 radical (unpaired) electrons. The Morgan fingerprint density at radius 1 is 1.13 bits per heavy atom. The molecule has 0 amide bonds. The van der Waals surface area contributed by atoms with Crippen molar-refractivity contribution in [3.05, 3.63) is 70.9 Å². The third kappa shape index (κ3) is 5.30. The molecule has 4 nitrogen and oxygen atoms in total. The molecule has 2 aromatic heterocycles. The van der Waals surface area contributed by atoms with Gasteiger partial charge in [-0.1, -0.05) is 18.2 Å². The maximum atomic E-state index is 14.6. The summed E-state index contributed by atoms with van der Waals surface area (Å²) in [7, 11) is 0. The fraction of sp³-hybridized carbons (Fsp3) is 0.318. The van der Waals surface area contributed by atoms with Crippen LogP contribution in [0.2, 0.25) is 0 Å². The summed E-state index contributed by atoms with van der Waals surface area (Å²) in [5.41, 5.74) is 2.87. The molecule has 0 bridgehead atoms. The highest BCUT2D eigenvalue weighted by atomic mass is 32.2. The van der Waals surface area contributed by atoms with Gasteiger partial charge in [0.2, 0.25) is 5.95 Å². The maximum absolute atomic E-state index is 14.6. The Labute approximate surface area is 183 Å². The van der Waals surface area contributed by atoms with Crippen LogP contribution in [-0.4, -0.2) is 23.0 Å². The third-order valence-electron chi connectivity index (χ3n) is 5.10. The first kappa shape index (κ1) is 21.1. The second-order valence-corrected chi connectivity index (χ2v) is 9.50. The summed E-state index contributed by atoms with van der Waals surface area (Å²) in [6.07, 6.45) is 2.44. The van der Waals surface area contributed by atoms with Gasteiger partial charge in [0, 0.05) is 18.7 Å². The van der Waals surface area contributed by atoms with Crippen LogP contribution in [0.5, 0.6) is 0 Å². The standard InChI is InChI=1S/C22H24F2N4S2/c1-15-12-21(30-27-20-9-5-8-19(24)26-20)29-22(15)25-13-17-16(6-4-7-18(17)23)14-28-10-2-3-11-28/h4-9,12,25H,2-3,10-11,13-14H2,1H3,(H,26,27). The number of rotatable bonds is 8. The first-order valence-electron chi connectivity index (χ1n) is 9.97. The van der Waals surface area contributed by atoms with Crippen molar-refractivity contribution in [1.82, 2.24) is 9.88 Å². The Hall–Kier alpha value is -2.16. The number of hydrogen-bond donors (Lipinski definition) is 2. The van der Waals surface area contributed by atoms with Gasteiger partial charge in [0.25, 0.3) is 0 Å². The first-order chi connectivity index (χ1) is 14.6. The van der Waals surface area contributed by atoms with Crippen molar-refractivity contribution < 1.29 is 8.78 Å². The van der Waals surface area contributed by atoms with Crippen molar-refractivity contribution in [1.29, 1.82) is 0 Å². The van der Waals surface area contributed by atoms with Crippen molar-refractivity contribution in [2.75, 3.05) is 23.1 Å². The molecule has 30 heavy (non-hydrogen) atoms. The van der Waals surface area contributed by atoms with Crippen LogP contribution in [0, 0.1) is 18.7 Å². The zero-order valence-corrected chi connectivity index (χ0v) is 18.4. The van der Waals surface area contributed by atoms with Crippen molar-refractivity contribution >= 4 is 34.1 Å². The van der Waals surface area contributed by atoms with Gasteiger partial charge in [-0.15, -0.1) is 11.3 Å². The van der Waals surface area contributed by atoms with Crippen LogP contribution in [0.15, 0.2) is 46.7 Å². The Kier molecular flexibility index (Phi) is 6.86. The number of hydrogen-bond acceptors (Lipinski definition) is 6. The third-order valence-corrected chi connectivity index (χ3v) is 7.22. The molecule has 0 atom stereocenters. The lowest BCUT2D eigenvalue weighted by atomic mass is 10.1. The van der Waals surface area contributed by atoms with Gasteiger partial charge in [0.05, 0.1) is 9.21 Å². The maximum Gasteiger partial charge on any atom is 0.214 e. The van der Waals surface area contributed by atoms with Crippen molar-refractivity contribution in [3.63, 3.8) is 0 Å². The summed E-state index contributed by atoms with van der Waals surface area (Å²) in [5, 5.41) is 4.41. The van der Waals surface area contributed by atoms with Gasteiger partial charge in [-0.3, -0.25) is 4.90 Å².